The Morgan fingerprint density at radius 2 is 2.00 bits per heavy atom. The second kappa shape index (κ2) is 7.91. The first-order valence-corrected chi connectivity index (χ1v) is 5.41. The fraction of sp³-hybridized carbons (Fsp3) is 0.667. The molecule has 0 radical (unpaired) electrons. The SMILES string of the molecule is COC(=O)CC(CS)C(=O)N[C@@H](CO)C(=O)O. The Morgan fingerprint density at radius 3 is 2.35 bits per heavy atom. The molecule has 0 bridgehead atoms. The van der Waals surface area contributed by atoms with Gasteiger partial charge in [0.05, 0.1) is 26.1 Å². The second-order valence-corrected chi connectivity index (χ2v) is 3.61. The maximum absolute atomic E-state index is 11.6. The summed E-state index contributed by atoms with van der Waals surface area (Å²) >= 11 is 3.89. The van der Waals surface area contributed by atoms with E-state index in [9.17, 15) is 14.4 Å². The van der Waals surface area contributed by atoms with Crippen LogP contribution in [0.5, 0.6) is 0 Å². The largest absolute Gasteiger partial charge is 0.480 e. The van der Waals surface area contributed by atoms with Crippen molar-refractivity contribution in [1.29, 1.82) is 0 Å². The van der Waals surface area contributed by atoms with Crippen molar-refractivity contribution in [2.45, 2.75) is 12.5 Å². The number of aliphatic carboxylic acids is 1. The van der Waals surface area contributed by atoms with Gasteiger partial charge in [0.2, 0.25) is 5.91 Å². The van der Waals surface area contributed by atoms with Crippen LogP contribution < -0.4 is 5.32 Å². The van der Waals surface area contributed by atoms with Crippen molar-refractivity contribution in [3.63, 3.8) is 0 Å². The Kier molecular flexibility index (Phi) is 7.31. The average Bonchev–Trinajstić information content (AvgIpc) is 2.31. The number of hydrogen-bond acceptors (Lipinski definition) is 6. The van der Waals surface area contributed by atoms with Crippen LogP contribution in [0.2, 0.25) is 0 Å². The van der Waals surface area contributed by atoms with Crippen molar-refractivity contribution >= 4 is 30.5 Å². The highest BCUT2D eigenvalue weighted by molar-refractivity contribution is 7.80. The lowest BCUT2D eigenvalue weighted by Gasteiger charge is -2.16. The molecule has 8 heteroatoms. The van der Waals surface area contributed by atoms with Crippen molar-refractivity contribution in [2.75, 3.05) is 19.5 Å². The molecule has 17 heavy (non-hydrogen) atoms. The van der Waals surface area contributed by atoms with Crippen LogP contribution in [0.15, 0.2) is 0 Å². The maximum atomic E-state index is 11.6. The summed E-state index contributed by atoms with van der Waals surface area (Å²) in [7, 11) is 1.18. The van der Waals surface area contributed by atoms with Gasteiger partial charge in [-0.15, -0.1) is 0 Å². The summed E-state index contributed by atoms with van der Waals surface area (Å²) in [6, 6.07) is -1.39. The Balaban J connectivity index is 4.43. The number of carboxylic acids is 1. The molecule has 0 aliphatic carbocycles. The lowest BCUT2D eigenvalue weighted by Crippen LogP contribution is -2.46. The number of carboxylic acid groups (broad SMARTS) is 1. The van der Waals surface area contributed by atoms with Crippen molar-refractivity contribution in [1.82, 2.24) is 5.32 Å². The molecule has 0 aliphatic rings. The number of aliphatic hydroxyl groups excluding tert-OH is 1. The molecule has 0 aromatic heterocycles. The van der Waals surface area contributed by atoms with E-state index < -0.39 is 36.4 Å². The van der Waals surface area contributed by atoms with E-state index in [-0.39, 0.29) is 12.2 Å². The van der Waals surface area contributed by atoms with E-state index in [1.807, 2.05) is 0 Å². The minimum atomic E-state index is -1.39. The summed E-state index contributed by atoms with van der Waals surface area (Å²) in [4.78, 5) is 33.1. The first-order valence-electron chi connectivity index (χ1n) is 4.78. The average molecular weight is 265 g/mol. The highest BCUT2D eigenvalue weighted by atomic mass is 32.1. The van der Waals surface area contributed by atoms with E-state index in [2.05, 4.69) is 22.7 Å². The zero-order valence-corrected chi connectivity index (χ0v) is 10.1. The third kappa shape index (κ3) is 5.55. The topological polar surface area (TPSA) is 113 Å². The number of carbonyl (C=O) groups excluding carboxylic acids is 2. The van der Waals surface area contributed by atoms with Crippen molar-refractivity contribution in [3.8, 4) is 0 Å². The van der Waals surface area contributed by atoms with E-state index in [1.165, 1.54) is 7.11 Å². The van der Waals surface area contributed by atoms with Crippen LogP contribution in [0, 0.1) is 5.92 Å². The summed E-state index contributed by atoms with van der Waals surface area (Å²) in [5, 5.41) is 19.4. The van der Waals surface area contributed by atoms with Gasteiger partial charge in [-0.05, 0) is 0 Å². The second-order valence-electron chi connectivity index (χ2n) is 3.24. The van der Waals surface area contributed by atoms with Crippen LogP contribution in [-0.4, -0.2) is 53.6 Å². The number of carbonyl (C=O) groups is 3. The predicted octanol–water partition coefficient (Wildman–Crippen LogP) is -1.34. The lowest BCUT2D eigenvalue weighted by atomic mass is 10.1. The summed E-state index contributed by atoms with van der Waals surface area (Å²) in [6.07, 6.45) is -0.191. The van der Waals surface area contributed by atoms with Crippen molar-refractivity contribution < 1.29 is 29.3 Å². The highest BCUT2D eigenvalue weighted by Crippen LogP contribution is 2.07. The van der Waals surface area contributed by atoms with Gasteiger partial charge < -0.3 is 20.3 Å². The van der Waals surface area contributed by atoms with Crippen LogP contribution in [-0.2, 0) is 19.1 Å². The molecule has 0 saturated heterocycles. The summed E-state index contributed by atoms with van der Waals surface area (Å²) in [5.41, 5.74) is 0. The van der Waals surface area contributed by atoms with Crippen LogP contribution in [0.1, 0.15) is 6.42 Å². The smallest absolute Gasteiger partial charge is 0.328 e. The Hall–Kier alpha value is -1.28. The number of esters is 1. The third-order valence-corrected chi connectivity index (χ3v) is 2.47. The van der Waals surface area contributed by atoms with Gasteiger partial charge in [-0.1, -0.05) is 0 Å². The van der Waals surface area contributed by atoms with E-state index in [0.717, 1.165) is 0 Å². The van der Waals surface area contributed by atoms with Gasteiger partial charge in [0.1, 0.15) is 6.04 Å². The Labute approximate surface area is 104 Å². The fourth-order valence-electron chi connectivity index (χ4n) is 1.000. The molecule has 1 amide bonds. The van der Waals surface area contributed by atoms with E-state index >= 15 is 0 Å². The van der Waals surface area contributed by atoms with Crippen molar-refractivity contribution in [3.05, 3.63) is 0 Å². The van der Waals surface area contributed by atoms with Crippen LogP contribution in [0.4, 0.5) is 0 Å². The summed E-state index contributed by atoms with van der Waals surface area (Å²) < 4.78 is 4.39. The standard InChI is InChI=1S/C9H15NO6S/c1-16-7(12)2-5(4-17)8(13)10-6(3-11)9(14)15/h5-6,11,17H,2-4H2,1H3,(H,10,13)(H,14,15)/t5?,6-/m0/s1. The third-order valence-electron chi connectivity index (χ3n) is 2.03. The monoisotopic (exact) mass is 265 g/mol. The van der Waals surface area contributed by atoms with Crippen LogP contribution in [0.3, 0.4) is 0 Å². The quantitative estimate of drug-likeness (QED) is 0.335. The maximum Gasteiger partial charge on any atom is 0.328 e. The molecule has 0 heterocycles. The molecule has 0 fully saturated rings. The first-order chi connectivity index (χ1) is 7.96. The lowest BCUT2D eigenvalue weighted by molar-refractivity contribution is -0.145. The minimum absolute atomic E-state index is 0.0682. The molecule has 7 nitrogen and oxygen atoms in total. The zero-order chi connectivity index (χ0) is 13.4. The number of hydrogen-bond donors (Lipinski definition) is 4. The molecule has 0 rings (SSSR count). The predicted molar refractivity (Wildman–Crippen MR) is 60.6 cm³/mol. The molecule has 0 aromatic rings. The van der Waals surface area contributed by atoms with E-state index in [4.69, 9.17) is 10.2 Å². The molecule has 2 atom stereocenters. The number of amides is 1. The number of ether oxygens (including phenoxy) is 1. The number of methoxy groups -OCH3 is 1. The van der Waals surface area contributed by atoms with Crippen LogP contribution in [0.25, 0.3) is 0 Å². The summed E-state index contributed by atoms with van der Waals surface area (Å²) in [5.74, 6) is -3.32. The molecule has 3 N–H and O–H groups in total. The number of aliphatic hydroxyl groups is 1. The molecule has 0 spiro atoms. The molecule has 0 saturated carbocycles. The van der Waals surface area contributed by atoms with Gasteiger partial charge in [0.15, 0.2) is 0 Å². The molecular weight excluding hydrogens is 250 g/mol. The normalized spacial score (nSPS) is 13.6. The minimum Gasteiger partial charge on any atom is -0.480 e. The van der Waals surface area contributed by atoms with E-state index in [1.54, 1.807) is 0 Å². The molecule has 0 aromatic carbocycles. The molecule has 98 valence electrons. The Morgan fingerprint density at radius 1 is 1.41 bits per heavy atom. The zero-order valence-electron chi connectivity index (χ0n) is 9.25. The van der Waals surface area contributed by atoms with Gasteiger partial charge in [0.25, 0.3) is 0 Å². The van der Waals surface area contributed by atoms with Gasteiger partial charge in [0, 0.05) is 5.75 Å². The van der Waals surface area contributed by atoms with Gasteiger partial charge >= 0.3 is 11.9 Å². The first kappa shape index (κ1) is 15.7. The van der Waals surface area contributed by atoms with Crippen molar-refractivity contribution in [2.24, 2.45) is 5.92 Å². The number of nitrogens with one attached hydrogen (secondary N) is 1. The van der Waals surface area contributed by atoms with Gasteiger partial charge in [-0.3, -0.25) is 9.59 Å². The molecule has 1 unspecified atom stereocenters. The van der Waals surface area contributed by atoms with E-state index in [0.29, 0.717) is 0 Å². The summed E-state index contributed by atoms with van der Waals surface area (Å²) in [6.45, 7) is -0.724. The van der Waals surface area contributed by atoms with Crippen LogP contribution >= 0.6 is 12.6 Å². The fourth-order valence-corrected chi connectivity index (χ4v) is 1.29. The molecular formula is C9H15NO6S. The Bertz CT molecular complexity index is 295. The van der Waals surface area contributed by atoms with Gasteiger partial charge in [-0.25, -0.2) is 4.79 Å². The highest BCUT2D eigenvalue weighted by Gasteiger charge is 2.25. The molecule has 0 aliphatic heterocycles. The number of thiol groups is 1. The van der Waals surface area contributed by atoms with Gasteiger partial charge in [-0.2, -0.15) is 12.6 Å². The number of rotatable bonds is 7.